The second-order valence-electron chi connectivity index (χ2n) is 4.36. The van der Waals surface area contributed by atoms with Crippen LogP contribution in [-0.4, -0.2) is 22.5 Å². The van der Waals surface area contributed by atoms with Gasteiger partial charge in [-0.25, -0.2) is 0 Å². The Bertz CT molecular complexity index is 161. The number of ether oxygens (including phenoxy) is 1. The quantitative estimate of drug-likeness (QED) is 0.730. The Morgan fingerprint density at radius 2 is 1.79 bits per heavy atom. The fourth-order valence-electron chi connectivity index (χ4n) is 2.21. The normalized spacial score (nSPS) is 39.6. The van der Waals surface area contributed by atoms with Crippen molar-refractivity contribution in [3.63, 3.8) is 0 Å². The fourth-order valence-corrected chi connectivity index (χ4v) is 3.96. The maximum Gasteiger partial charge on any atom is 0.103 e. The van der Waals surface area contributed by atoms with Gasteiger partial charge in [-0.05, 0) is 44.9 Å². The summed E-state index contributed by atoms with van der Waals surface area (Å²) in [6.07, 6.45) is 9.18. The maximum atomic E-state index is 5.75. The van der Waals surface area contributed by atoms with Gasteiger partial charge in [0.15, 0.2) is 0 Å². The van der Waals surface area contributed by atoms with Gasteiger partial charge < -0.3 is 4.74 Å². The van der Waals surface area contributed by atoms with Crippen molar-refractivity contribution in [1.29, 1.82) is 0 Å². The minimum absolute atomic E-state index is 0.505. The van der Waals surface area contributed by atoms with Gasteiger partial charge in [0.25, 0.3) is 0 Å². The molecule has 0 bridgehead atoms. The molecule has 0 aromatic carbocycles. The predicted molar refractivity (Wildman–Crippen MR) is 66.2 cm³/mol. The molecule has 0 aromatic heterocycles. The van der Waals surface area contributed by atoms with E-state index in [1.807, 2.05) is 0 Å². The third kappa shape index (κ3) is 3.35. The molecule has 1 nitrogen and oxygen atoms in total. The molecule has 3 heteroatoms. The Kier molecular flexibility index (Phi) is 4.51. The first-order chi connectivity index (χ1) is 6.84. The van der Waals surface area contributed by atoms with Crippen LogP contribution < -0.4 is 0 Å². The highest BCUT2D eigenvalue weighted by Crippen LogP contribution is 2.35. The van der Waals surface area contributed by atoms with Crippen molar-refractivity contribution in [3.8, 4) is 0 Å². The third-order valence-electron chi connectivity index (χ3n) is 3.13. The standard InChI is InChI=1S/C11H20OS2/c13-9-4-6-10(7-5-9)14-11-3-1-2-8-12-11/h9-11,13H,1-8H2. The van der Waals surface area contributed by atoms with Gasteiger partial charge >= 0.3 is 0 Å². The second kappa shape index (κ2) is 5.66. The van der Waals surface area contributed by atoms with E-state index < -0.39 is 0 Å². The summed E-state index contributed by atoms with van der Waals surface area (Å²) in [5.74, 6) is 0. The molecule has 1 atom stereocenters. The first-order valence-corrected chi connectivity index (χ1v) is 7.25. The Morgan fingerprint density at radius 1 is 1.00 bits per heavy atom. The lowest BCUT2D eigenvalue weighted by Crippen LogP contribution is -2.22. The highest BCUT2D eigenvalue weighted by atomic mass is 32.2. The smallest absolute Gasteiger partial charge is 0.103 e. The van der Waals surface area contributed by atoms with Crippen molar-refractivity contribution in [2.24, 2.45) is 0 Å². The molecule has 1 unspecified atom stereocenters. The van der Waals surface area contributed by atoms with Crippen molar-refractivity contribution in [2.45, 2.75) is 60.9 Å². The van der Waals surface area contributed by atoms with Gasteiger partial charge in [-0.1, -0.05) is 0 Å². The van der Waals surface area contributed by atoms with Crippen molar-refractivity contribution in [2.75, 3.05) is 6.61 Å². The van der Waals surface area contributed by atoms with Crippen LogP contribution in [0.4, 0.5) is 0 Å². The van der Waals surface area contributed by atoms with E-state index in [0.717, 1.165) is 11.9 Å². The van der Waals surface area contributed by atoms with E-state index in [2.05, 4.69) is 24.4 Å². The topological polar surface area (TPSA) is 9.23 Å². The highest BCUT2D eigenvalue weighted by Gasteiger charge is 2.23. The van der Waals surface area contributed by atoms with Gasteiger partial charge in [0.05, 0.1) is 0 Å². The number of thioether (sulfide) groups is 1. The average molecular weight is 232 g/mol. The predicted octanol–water partition coefficient (Wildman–Crippen LogP) is 3.49. The Balaban J connectivity index is 1.68. The summed E-state index contributed by atoms with van der Waals surface area (Å²) in [6, 6.07) is 0. The lowest BCUT2D eigenvalue weighted by Gasteiger charge is -2.30. The van der Waals surface area contributed by atoms with Crippen molar-refractivity contribution in [3.05, 3.63) is 0 Å². The molecule has 0 radical (unpaired) electrons. The number of thiol groups is 1. The average Bonchev–Trinajstić information content (AvgIpc) is 2.23. The van der Waals surface area contributed by atoms with Gasteiger partial charge in [0, 0.05) is 17.1 Å². The van der Waals surface area contributed by atoms with Gasteiger partial charge in [-0.2, -0.15) is 12.6 Å². The molecule has 0 spiro atoms. The largest absolute Gasteiger partial charge is 0.368 e. The molecule has 14 heavy (non-hydrogen) atoms. The fraction of sp³-hybridized carbons (Fsp3) is 1.00. The minimum Gasteiger partial charge on any atom is -0.368 e. The van der Waals surface area contributed by atoms with Crippen LogP contribution in [-0.2, 0) is 4.74 Å². The van der Waals surface area contributed by atoms with Gasteiger partial charge in [0.1, 0.15) is 5.44 Å². The molecule has 2 aliphatic rings. The van der Waals surface area contributed by atoms with Crippen LogP contribution in [0.15, 0.2) is 0 Å². The molecule has 82 valence electrons. The third-order valence-corrected chi connectivity index (χ3v) is 5.17. The number of hydrogen-bond donors (Lipinski definition) is 1. The SMILES string of the molecule is SC1CCC(SC2CCCCO2)CC1. The van der Waals surface area contributed by atoms with Gasteiger partial charge in [0.2, 0.25) is 0 Å². The maximum absolute atomic E-state index is 5.75. The molecule has 0 N–H and O–H groups in total. The number of hydrogen-bond acceptors (Lipinski definition) is 3. The molecule has 0 aromatic rings. The molecule has 1 heterocycles. The van der Waals surface area contributed by atoms with Crippen LogP contribution in [0.1, 0.15) is 44.9 Å². The molecule has 1 aliphatic carbocycles. The summed E-state index contributed by atoms with van der Waals surface area (Å²) in [4.78, 5) is 0. The van der Waals surface area contributed by atoms with E-state index in [1.54, 1.807) is 0 Å². The van der Waals surface area contributed by atoms with Crippen LogP contribution in [0.25, 0.3) is 0 Å². The van der Waals surface area contributed by atoms with E-state index in [4.69, 9.17) is 4.74 Å². The molecule has 1 saturated heterocycles. The van der Waals surface area contributed by atoms with Crippen LogP contribution >= 0.6 is 24.4 Å². The summed E-state index contributed by atoms with van der Waals surface area (Å²) < 4.78 is 5.75. The first-order valence-electron chi connectivity index (χ1n) is 5.80. The van der Waals surface area contributed by atoms with Crippen LogP contribution in [0, 0.1) is 0 Å². The Hall–Kier alpha value is 0.660. The van der Waals surface area contributed by atoms with Gasteiger partial charge in [-0.15, -0.1) is 11.8 Å². The Morgan fingerprint density at radius 3 is 2.43 bits per heavy atom. The second-order valence-corrected chi connectivity index (χ2v) is 6.56. The zero-order valence-electron chi connectivity index (χ0n) is 8.65. The van der Waals surface area contributed by atoms with Crippen LogP contribution in [0.2, 0.25) is 0 Å². The Labute approximate surface area is 96.8 Å². The van der Waals surface area contributed by atoms with E-state index in [1.165, 1.54) is 44.9 Å². The summed E-state index contributed by atoms with van der Waals surface area (Å²) in [5, 5.41) is 1.51. The van der Waals surface area contributed by atoms with Gasteiger partial charge in [-0.3, -0.25) is 0 Å². The molecule has 1 aliphatic heterocycles. The van der Waals surface area contributed by atoms with Crippen LogP contribution in [0.3, 0.4) is 0 Å². The number of rotatable bonds is 2. The zero-order valence-corrected chi connectivity index (χ0v) is 10.4. The van der Waals surface area contributed by atoms with E-state index in [9.17, 15) is 0 Å². The molecular formula is C11H20OS2. The van der Waals surface area contributed by atoms with E-state index >= 15 is 0 Å². The van der Waals surface area contributed by atoms with Crippen molar-refractivity contribution in [1.82, 2.24) is 0 Å². The highest BCUT2D eigenvalue weighted by molar-refractivity contribution is 8.00. The lowest BCUT2D eigenvalue weighted by atomic mass is 10.00. The first kappa shape index (κ1) is 11.2. The molecule has 0 amide bonds. The molecule has 2 fully saturated rings. The van der Waals surface area contributed by atoms with Crippen LogP contribution in [0.5, 0.6) is 0 Å². The van der Waals surface area contributed by atoms with Crippen molar-refractivity contribution >= 4 is 24.4 Å². The molecule has 2 rings (SSSR count). The lowest BCUT2D eigenvalue weighted by molar-refractivity contribution is 0.0722. The summed E-state index contributed by atoms with van der Waals surface area (Å²) in [7, 11) is 0. The minimum atomic E-state index is 0.505. The molecule has 1 saturated carbocycles. The van der Waals surface area contributed by atoms with E-state index in [-0.39, 0.29) is 0 Å². The van der Waals surface area contributed by atoms with E-state index in [0.29, 0.717) is 10.7 Å². The van der Waals surface area contributed by atoms with Crippen molar-refractivity contribution < 1.29 is 4.74 Å². The zero-order chi connectivity index (χ0) is 9.80. The summed E-state index contributed by atoms with van der Waals surface area (Å²) >= 11 is 6.61. The summed E-state index contributed by atoms with van der Waals surface area (Å²) in [6.45, 7) is 0.986. The monoisotopic (exact) mass is 232 g/mol. The molecular weight excluding hydrogens is 212 g/mol. The summed E-state index contributed by atoms with van der Waals surface area (Å²) in [5.41, 5.74) is 0.505.